The van der Waals surface area contributed by atoms with Crippen LogP contribution in [0, 0.1) is 6.92 Å². The van der Waals surface area contributed by atoms with Crippen molar-refractivity contribution in [3.8, 4) is 0 Å². The molecule has 0 radical (unpaired) electrons. The molecule has 0 aliphatic heterocycles. The van der Waals surface area contributed by atoms with Gasteiger partial charge in [0.05, 0.1) is 0 Å². The van der Waals surface area contributed by atoms with E-state index in [-0.39, 0.29) is 51.4 Å². The molecule has 5 heavy (non-hydrogen) atoms. The van der Waals surface area contributed by atoms with Crippen LogP contribution in [0.5, 0.6) is 0 Å². The van der Waals surface area contributed by atoms with E-state index < -0.39 is 0 Å². The van der Waals surface area contributed by atoms with Crippen LogP contribution >= 0.6 is 0 Å². The fraction of sp³-hybridized carbons (Fsp3) is 0.333. The van der Waals surface area contributed by atoms with Crippen LogP contribution in [-0.4, -0.2) is 13.3 Å². The summed E-state index contributed by atoms with van der Waals surface area (Å²) in [6, 6.07) is 0. The molecule has 0 aromatic heterocycles. The van der Waals surface area contributed by atoms with E-state index in [9.17, 15) is 0 Å². The number of aliphatic imine (C=N–C) groups is 1. The zero-order valence-corrected chi connectivity index (χ0v) is 6.56. The van der Waals surface area contributed by atoms with Gasteiger partial charge in [0.15, 0.2) is 0 Å². The topological polar surface area (TPSA) is 12.4 Å². The van der Waals surface area contributed by atoms with Crippen LogP contribution in [0.3, 0.4) is 0 Å². The number of hydrogen-bond acceptors (Lipinski definition) is 1. The summed E-state index contributed by atoms with van der Waals surface area (Å²) in [4.78, 5) is 3.12. The zero-order valence-electron chi connectivity index (χ0n) is 3.44. The van der Waals surface area contributed by atoms with Gasteiger partial charge >= 0.3 is 51.4 Å². The third-order valence-electron chi connectivity index (χ3n) is 0.129. The second-order valence-corrected chi connectivity index (χ2v) is 0.406. The number of rotatable bonds is 1. The smallest absolute Gasteiger partial charge is 0.536 e. The van der Waals surface area contributed by atoms with E-state index in [1.54, 1.807) is 0 Å². The van der Waals surface area contributed by atoms with Gasteiger partial charge in [-0.25, -0.2) is 0 Å². The normalized spacial score (nSPS) is 5.00. The molecule has 1 nitrogen and oxygen atoms in total. The third kappa shape index (κ3) is 10.9. The molecule has 0 N–H and O–H groups in total. The maximum absolute atomic E-state index is 4.59. The Bertz CT molecular complexity index is 20.9. The van der Waals surface area contributed by atoms with Crippen molar-refractivity contribution >= 4 is 6.72 Å². The van der Waals surface area contributed by atoms with Crippen LogP contribution in [0.2, 0.25) is 0 Å². The van der Waals surface area contributed by atoms with Gasteiger partial charge in [0.1, 0.15) is 0 Å². The summed E-state index contributed by atoms with van der Waals surface area (Å²) in [5, 5.41) is 0. The summed E-state index contributed by atoms with van der Waals surface area (Å²) < 4.78 is 0. The van der Waals surface area contributed by atoms with Crippen LogP contribution in [0.1, 0.15) is 0 Å². The molecule has 0 aliphatic rings. The summed E-state index contributed by atoms with van der Waals surface area (Å²) in [6.07, 6.45) is 0. The predicted molar refractivity (Wildman–Crippen MR) is 18.7 cm³/mol. The standard InChI is InChI=1S/C3H5N.K/c1-3-4-2;/h2H,1,3H2;/q-2;+1. The van der Waals surface area contributed by atoms with E-state index in [1.165, 1.54) is 0 Å². The average Bonchev–Trinajstić information content (AvgIpc) is 1.37. The molecule has 24 valence electrons. The van der Waals surface area contributed by atoms with Crippen LogP contribution in [-0.2, 0) is 0 Å². The SMILES string of the molecule is [CH-]=NC[CH2-].[K+]. The maximum Gasteiger partial charge on any atom is 1.00 e. The molecule has 0 fully saturated rings. The molecule has 0 aromatic rings. The van der Waals surface area contributed by atoms with Crippen LogP contribution in [0.4, 0.5) is 0 Å². The second-order valence-electron chi connectivity index (χ2n) is 0.406. The summed E-state index contributed by atoms with van der Waals surface area (Å²) in [6.45, 7) is 8.38. The Labute approximate surface area is 75.3 Å². The van der Waals surface area contributed by atoms with Gasteiger partial charge in [-0.1, -0.05) is 0 Å². The molecule has 2 heteroatoms. The summed E-state index contributed by atoms with van der Waals surface area (Å²) in [5.41, 5.74) is 0. The first kappa shape index (κ1) is 9.58. The molecular weight excluding hydrogens is 89.1 g/mol. The van der Waals surface area contributed by atoms with Crippen LogP contribution < -0.4 is 51.4 Å². The Morgan fingerprint density at radius 1 is 1.80 bits per heavy atom. The van der Waals surface area contributed by atoms with Crippen molar-refractivity contribution in [2.75, 3.05) is 6.54 Å². The molecule has 0 unspecified atom stereocenters. The van der Waals surface area contributed by atoms with Gasteiger partial charge in [0.2, 0.25) is 0 Å². The van der Waals surface area contributed by atoms with E-state index in [4.69, 9.17) is 0 Å². The average molecular weight is 94.2 g/mol. The molecule has 0 rings (SSSR count). The van der Waals surface area contributed by atoms with Gasteiger partial charge in [-0.15, -0.1) is 6.54 Å². The van der Waals surface area contributed by atoms with E-state index >= 15 is 0 Å². The first-order chi connectivity index (χ1) is 1.91. The Balaban J connectivity index is 0. The van der Waals surface area contributed by atoms with Gasteiger partial charge < -0.3 is 18.6 Å². The van der Waals surface area contributed by atoms with Crippen molar-refractivity contribution in [1.29, 1.82) is 0 Å². The van der Waals surface area contributed by atoms with E-state index in [0.717, 1.165) is 0 Å². The van der Waals surface area contributed by atoms with Gasteiger partial charge in [-0.3, -0.25) is 0 Å². The van der Waals surface area contributed by atoms with Gasteiger partial charge in [0, 0.05) is 0 Å². The van der Waals surface area contributed by atoms with Crippen LogP contribution in [0.15, 0.2) is 4.99 Å². The fourth-order valence-electron chi connectivity index (χ4n) is 0. The molecule has 0 saturated heterocycles. The van der Waals surface area contributed by atoms with Gasteiger partial charge in [0.25, 0.3) is 0 Å². The Kier molecular flexibility index (Phi) is 17.2. The predicted octanol–water partition coefficient (Wildman–Crippen LogP) is -2.60. The Morgan fingerprint density at radius 2 is 2.00 bits per heavy atom. The Hall–Kier alpha value is 1.31. The van der Waals surface area contributed by atoms with Crippen molar-refractivity contribution in [1.82, 2.24) is 0 Å². The van der Waals surface area contributed by atoms with E-state index in [2.05, 4.69) is 18.6 Å². The minimum Gasteiger partial charge on any atom is -0.536 e. The molecule has 0 atom stereocenters. The molecule has 0 heterocycles. The summed E-state index contributed by atoms with van der Waals surface area (Å²) in [7, 11) is 0. The zero-order chi connectivity index (χ0) is 3.41. The molecule has 0 saturated carbocycles. The molecule has 0 spiro atoms. The summed E-state index contributed by atoms with van der Waals surface area (Å²) in [5.74, 6) is 0. The number of hydrogen-bond donors (Lipinski definition) is 0. The minimum absolute atomic E-state index is 0. The third-order valence-corrected chi connectivity index (χ3v) is 0.129. The van der Waals surface area contributed by atoms with E-state index in [1.807, 2.05) is 0 Å². The van der Waals surface area contributed by atoms with Crippen molar-refractivity contribution in [2.45, 2.75) is 0 Å². The quantitative estimate of drug-likeness (QED) is 0.192. The van der Waals surface area contributed by atoms with Gasteiger partial charge in [-0.2, -0.15) is 0 Å². The van der Waals surface area contributed by atoms with Crippen molar-refractivity contribution in [3.63, 3.8) is 0 Å². The maximum atomic E-state index is 4.59. The molecule has 0 bridgehead atoms. The minimum atomic E-state index is 0. The molecule has 0 amide bonds. The van der Waals surface area contributed by atoms with Gasteiger partial charge in [-0.05, 0) is 0 Å². The van der Waals surface area contributed by atoms with Crippen LogP contribution in [0.25, 0.3) is 0 Å². The first-order valence-electron chi connectivity index (χ1n) is 1.07. The van der Waals surface area contributed by atoms with Crippen molar-refractivity contribution in [3.05, 3.63) is 6.92 Å². The summed E-state index contributed by atoms with van der Waals surface area (Å²) >= 11 is 0. The fourth-order valence-corrected chi connectivity index (χ4v) is 0. The largest absolute Gasteiger partial charge is 1.00 e. The monoisotopic (exact) mass is 94.0 g/mol. The van der Waals surface area contributed by atoms with Crippen molar-refractivity contribution in [2.24, 2.45) is 4.99 Å². The molecule has 0 aliphatic carbocycles. The molecular formula is C3H5KN-. The second kappa shape index (κ2) is 9.00. The van der Waals surface area contributed by atoms with E-state index in [0.29, 0.717) is 6.54 Å². The first-order valence-corrected chi connectivity index (χ1v) is 1.07. The number of nitrogens with zero attached hydrogens (tertiary/aromatic N) is 1. The molecule has 0 aromatic carbocycles. The Morgan fingerprint density at radius 3 is 2.00 bits per heavy atom. The van der Waals surface area contributed by atoms with Crippen molar-refractivity contribution < 1.29 is 51.4 Å².